The van der Waals surface area contributed by atoms with Crippen LogP contribution >= 0.6 is 11.6 Å². The summed E-state index contributed by atoms with van der Waals surface area (Å²) in [7, 11) is 0. The summed E-state index contributed by atoms with van der Waals surface area (Å²) in [6.45, 7) is 8.49. The second-order valence-electron chi connectivity index (χ2n) is 5.49. The van der Waals surface area contributed by atoms with E-state index in [1.807, 2.05) is 0 Å². The molecule has 1 unspecified atom stereocenters. The van der Waals surface area contributed by atoms with Gasteiger partial charge in [0.15, 0.2) is 0 Å². The van der Waals surface area contributed by atoms with Crippen LogP contribution in [-0.2, 0) is 4.74 Å². The molecular weight excluding hydrogens is 234 g/mol. The highest BCUT2D eigenvalue weighted by molar-refractivity contribution is 6.18. The van der Waals surface area contributed by atoms with Crippen LogP contribution in [0.4, 0.5) is 0 Å². The van der Waals surface area contributed by atoms with E-state index in [0.29, 0.717) is 6.04 Å². The van der Waals surface area contributed by atoms with Gasteiger partial charge in [-0.05, 0) is 31.7 Å². The van der Waals surface area contributed by atoms with Crippen molar-refractivity contribution in [2.75, 3.05) is 32.2 Å². The second kappa shape index (κ2) is 9.18. The lowest BCUT2D eigenvalue weighted by atomic mass is 10.1. The van der Waals surface area contributed by atoms with Gasteiger partial charge in [-0.15, -0.1) is 11.6 Å². The van der Waals surface area contributed by atoms with E-state index in [1.165, 1.54) is 38.6 Å². The van der Waals surface area contributed by atoms with Crippen molar-refractivity contribution in [1.82, 2.24) is 4.90 Å². The van der Waals surface area contributed by atoms with E-state index >= 15 is 0 Å². The number of rotatable bonds is 7. The smallest absolute Gasteiger partial charge is 0.0593 e. The number of halogens is 1. The second-order valence-corrected chi connectivity index (χ2v) is 5.80. The van der Waals surface area contributed by atoms with Crippen LogP contribution in [-0.4, -0.2) is 43.1 Å². The van der Waals surface area contributed by atoms with Gasteiger partial charge >= 0.3 is 0 Å². The molecule has 2 nitrogen and oxygen atoms in total. The Labute approximate surface area is 112 Å². The molecule has 0 aromatic heterocycles. The number of ether oxygens (including phenoxy) is 1. The maximum atomic E-state index is 6.05. The molecule has 1 aliphatic heterocycles. The van der Waals surface area contributed by atoms with Crippen LogP contribution in [0.3, 0.4) is 0 Å². The van der Waals surface area contributed by atoms with Crippen molar-refractivity contribution < 1.29 is 4.74 Å². The van der Waals surface area contributed by atoms with E-state index in [1.54, 1.807) is 0 Å². The maximum Gasteiger partial charge on any atom is 0.0593 e. The Morgan fingerprint density at radius 2 is 2.06 bits per heavy atom. The van der Waals surface area contributed by atoms with Gasteiger partial charge in [-0.25, -0.2) is 0 Å². The molecule has 102 valence electrons. The molecule has 0 aromatic carbocycles. The monoisotopic (exact) mass is 261 g/mol. The maximum absolute atomic E-state index is 6.05. The minimum Gasteiger partial charge on any atom is -0.380 e. The molecule has 1 saturated heterocycles. The van der Waals surface area contributed by atoms with Gasteiger partial charge in [-0.3, -0.25) is 4.90 Å². The molecule has 3 heteroatoms. The summed E-state index contributed by atoms with van der Waals surface area (Å²) in [6.07, 6.45) is 6.44. The third kappa shape index (κ3) is 6.64. The zero-order valence-electron chi connectivity index (χ0n) is 11.5. The van der Waals surface area contributed by atoms with Crippen molar-refractivity contribution in [1.29, 1.82) is 0 Å². The molecular formula is C14H28ClNO. The molecule has 17 heavy (non-hydrogen) atoms. The Balaban J connectivity index is 2.14. The van der Waals surface area contributed by atoms with E-state index < -0.39 is 0 Å². The lowest BCUT2D eigenvalue weighted by Crippen LogP contribution is -2.38. The fourth-order valence-electron chi connectivity index (χ4n) is 2.31. The minimum atomic E-state index is 0.577. The number of hydrogen-bond acceptors (Lipinski definition) is 2. The summed E-state index contributed by atoms with van der Waals surface area (Å²) < 4.78 is 5.70. The van der Waals surface area contributed by atoms with E-state index in [0.717, 1.165) is 31.6 Å². The minimum absolute atomic E-state index is 0.577. The molecule has 0 amide bonds. The molecule has 1 atom stereocenters. The lowest BCUT2D eigenvalue weighted by Gasteiger charge is -2.28. The zero-order chi connectivity index (χ0) is 12.5. The van der Waals surface area contributed by atoms with Crippen LogP contribution in [0.2, 0.25) is 0 Å². The number of hydrogen-bond donors (Lipinski definition) is 0. The van der Waals surface area contributed by atoms with E-state index in [2.05, 4.69) is 18.7 Å². The first-order valence-electron chi connectivity index (χ1n) is 7.11. The van der Waals surface area contributed by atoms with Crippen molar-refractivity contribution in [2.45, 2.75) is 52.0 Å². The molecule has 0 aromatic rings. The molecule has 0 saturated carbocycles. The summed E-state index contributed by atoms with van der Waals surface area (Å²) in [5, 5.41) is 0. The van der Waals surface area contributed by atoms with Crippen LogP contribution in [0.15, 0.2) is 0 Å². The van der Waals surface area contributed by atoms with Gasteiger partial charge < -0.3 is 4.74 Å². The van der Waals surface area contributed by atoms with Crippen LogP contribution in [0.1, 0.15) is 46.0 Å². The number of nitrogens with zero attached hydrogens (tertiary/aromatic N) is 1. The van der Waals surface area contributed by atoms with Gasteiger partial charge in [-0.1, -0.05) is 26.7 Å². The largest absolute Gasteiger partial charge is 0.380 e. The molecule has 1 rings (SSSR count). The quantitative estimate of drug-likeness (QED) is 0.514. The Kier molecular flexibility index (Phi) is 8.25. The molecule has 0 aliphatic carbocycles. The Morgan fingerprint density at radius 1 is 1.24 bits per heavy atom. The first-order valence-corrected chi connectivity index (χ1v) is 7.65. The highest BCUT2D eigenvalue weighted by Crippen LogP contribution is 2.17. The topological polar surface area (TPSA) is 12.5 Å². The Bertz CT molecular complexity index is 187. The van der Waals surface area contributed by atoms with Gasteiger partial charge in [0.25, 0.3) is 0 Å². The van der Waals surface area contributed by atoms with Crippen molar-refractivity contribution >= 4 is 11.6 Å². The third-order valence-corrected chi connectivity index (χ3v) is 3.90. The summed E-state index contributed by atoms with van der Waals surface area (Å²) >= 11 is 6.05. The van der Waals surface area contributed by atoms with Crippen molar-refractivity contribution in [3.63, 3.8) is 0 Å². The van der Waals surface area contributed by atoms with Crippen molar-refractivity contribution in [2.24, 2.45) is 5.92 Å². The lowest BCUT2D eigenvalue weighted by molar-refractivity contribution is 0.0851. The molecule has 1 aliphatic rings. The number of alkyl halides is 1. The molecule has 1 fully saturated rings. The predicted octanol–water partition coefficient (Wildman–Crippen LogP) is 3.53. The normalized spacial score (nSPS) is 22.9. The highest BCUT2D eigenvalue weighted by Gasteiger charge is 2.19. The summed E-state index contributed by atoms with van der Waals surface area (Å²) in [5.41, 5.74) is 0. The summed E-state index contributed by atoms with van der Waals surface area (Å²) in [5.74, 6) is 1.51. The van der Waals surface area contributed by atoms with Gasteiger partial charge in [0.05, 0.1) is 6.61 Å². The highest BCUT2D eigenvalue weighted by atomic mass is 35.5. The fourth-order valence-corrected chi connectivity index (χ4v) is 2.66. The van der Waals surface area contributed by atoms with Gasteiger partial charge in [-0.2, -0.15) is 0 Å². The Morgan fingerprint density at radius 3 is 2.76 bits per heavy atom. The molecule has 0 N–H and O–H groups in total. The van der Waals surface area contributed by atoms with Gasteiger partial charge in [0, 0.05) is 25.1 Å². The van der Waals surface area contributed by atoms with Crippen LogP contribution in [0.5, 0.6) is 0 Å². The molecule has 0 radical (unpaired) electrons. The Hall–Kier alpha value is 0.210. The third-order valence-electron chi connectivity index (χ3n) is 3.54. The van der Waals surface area contributed by atoms with E-state index in [4.69, 9.17) is 16.3 Å². The predicted molar refractivity (Wildman–Crippen MR) is 74.8 cm³/mol. The number of likely N-dealkylation sites (tertiary alicyclic amines) is 1. The van der Waals surface area contributed by atoms with Crippen LogP contribution < -0.4 is 0 Å². The molecule has 0 bridgehead atoms. The van der Waals surface area contributed by atoms with E-state index in [-0.39, 0.29) is 0 Å². The fraction of sp³-hybridized carbons (Fsp3) is 1.00. The standard InChI is InChI=1S/C14H28ClNO/c1-13(2)7-10-17-11-9-16-8-5-3-4-6-14(16)12-15/h13-14H,3-12H2,1-2H3. The van der Waals surface area contributed by atoms with E-state index in [9.17, 15) is 0 Å². The SMILES string of the molecule is CC(C)CCOCCN1CCCCCC1CCl. The average molecular weight is 262 g/mol. The summed E-state index contributed by atoms with van der Waals surface area (Å²) in [4.78, 5) is 2.52. The van der Waals surface area contributed by atoms with Gasteiger partial charge in [0.2, 0.25) is 0 Å². The van der Waals surface area contributed by atoms with Crippen LogP contribution in [0, 0.1) is 5.92 Å². The molecule has 0 spiro atoms. The van der Waals surface area contributed by atoms with Gasteiger partial charge in [0.1, 0.15) is 0 Å². The summed E-state index contributed by atoms with van der Waals surface area (Å²) in [6, 6.07) is 0.577. The van der Waals surface area contributed by atoms with Crippen molar-refractivity contribution in [3.8, 4) is 0 Å². The van der Waals surface area contributed by atoms with Crippen LogP contribution in [0.25, 0.3) is 0 Å². The van der Waals surface area contributed by atoms with Crippen molar-refractivity contribution in [3.05, 3.63) is 0 Å². The first-order chi connectivity index (χ1) is 8.24. The zero-order valence-corrected chi connectivity index (χ0v) is 12.2. The molecule has 1 heterocycles. The first kappa shape index (κ1) is 15.3. The average Bonchev–Trinajstić information content (AvgIpc) is 2.53.